The van der Waals surface area contributed by atoms with Crippen molar-refractivity contribution in [3.05, 3.63) is 24.3 Å². The minimum absolute atomic E-state index is 0.0941. The van der Waals surface area contributed by atoms with E-state index in [1.807, 2.05) is 0 Å². The van der Waals surface area contributed by atoms with Crippen molar-refractivity contribution in [1.82, 2.24) is 9.21 Å². The van der Waals surface area contributed by atoms with Crippen LogP contribution < -0.4 is 4.74 Å². The van der Waals surface area contributed by atoms with Crippen molar-refractivity contribution in [2.45, 2.75) is 23.8 Å². The molecule has 0 aromatic heterocycles. The molecule has 0 radical (unpaired) electrons. The number of amides is 1. The van der Waals surface area contributed by atoms with Gasteiger partial charge in [0, 0.05) is 27.2 Å². The highest BCUT2D eigenvalue weighted by Gasteiger charge is 2.28. The Kier molecular flexibility index (Phi) is 5.61. The zero-order chi connectivity index (χ0) is 17.0. The molecule has 2 rings (SSSR count). The normalized spacial score (nSPS) is 17.0. The largest absolute Gasteiger partial charge is 0.484 e. The number of carbonyl (C=O) groups is 1. The topological polar surface area (TPSA) is 87.2 Å². The molecule has 1 saturated heterocycles. The van der Waals surface area contributed by atoms with Crippen molar-refractivity contribution in [1.29, 1.82) is 0 Å². The Balaban J connectivity index is 2.02. The first-order valence-corrected chi connectivity index (χ1v) is 8.86. The fraction of sp³-hybridized carbons (Fsp3) is 0.533. The van der Waals surface area contributed by atoms with Crippen molar-refractivity contribution >= 4 is 15.9 Å². The molecule has 0 atom stereocenters. The molecule has 1 N–H and O–H groups in total. The molecule has 0 aliphatic carbocycles. The number of hydrogen-bond donors (Lipinski definition) is 1. The Morgan fingerprint density at radius 2 is 1.83 bits per heavy atom. The Morgan fingerprint density at radius 1 is 1.26 bits per heavy atom. The summed E-state index contributed by atoms with van der Waals surface area (Å²) >= 11 is 0. The highest BCUT2D eigenvalue weighted by atomic mass is 32.2. The number of likely N-dealkylation sites (N-methyl/N-ethyl adjacent to an activating group) is 1. The number of sulfonamides is 1. The lowest BCUT2D eigenvalue weighted by atomic mass is 10.1. The van der Waals surface area contributed by atoms with Crippen LogP contribution in [0.4, 0.5) is 0 Å². The van der Waals surface area contributed by atoms with Crippen LogP contribution in [0.3, 0.4) is 0 Å². The van der Waals surface area contributed by atoms with Crippen LogP contribution in [0.15, 0.2) is 29.2 Å². The number of carbonyl (C=O) groups excluding carboxylic acids is 1. The van der Waals surface area contributed by atoms with Gasteiger partial charge < -0.3 is 14.7 Å². The fourth-order valence-electron chi connectivity index (χ4n) is 2.21. The van der Waals surface area contributed by atoms with Gasteiger partial charge in [-0.05, 0) is 37.1 Å². The summed E-state index contributed by atoms with van der Waals surface area (Å²) < 4.78 is 31.7. The zero-order valence-corrected chi connectivity index (χ0v) is 14.1. The van der Waals surface area contributed by atoms with Gasteiger partial charge in [-0.25, -0.2) is 8.42 Å². The maximum atomic E-state index is 12.5. The Morgan fingerprint density at radius 3 is 2.35 bits per heavy atom. The van der Waals surface area contributed by atoms with E-state index in [-0.39, 0.29) is 17.4 Å². The molecule has 1 heterocycles. The maximum Gasteiger partial charge on any atom is 0.259 e. The molecule has 1 aliphatic rings. The van der Waals surface area contributed by atoms with Crippen LogP contribution in [0.2, 0.25) is 0 Å². The van der Waals surface area contributed by atoms with E-state index in [2.05, 4.69) is 0 Å². The predicted molar refractivity (Wildman–Crippen MR) is 84.6 cm³/mol. The van der Waals surface area contributed by atoms with Crippen LogP contribution in [0.25, 0.3) is 0 Å². The van der Waals surface area contributed by atoms with Crippen molar-refractivity contribution in [2.75, 3.05) is 33.8 Å². The van der Waals surface area contributed by atoms with Gasteiger partial charge >= 0.3 is 0 Å². The van der Waals surface area contributed by atoms with Crippen LogP contribution in [0.1, 0.15) is 12.8 Å². The number of rotatable bonds is 5. The third kappa shape index (κ3) is 4.43. The summed E-state index contributed by atoms with van der Waals surface area (Å²) in [5, 5.41) is 9.47. The molecule has 8 heteroatoms. The Bertz CT molecular complexity index is 634. The summed E-state index contributed by atoms with van der Waals surface area (Å²) in [4.78, 5) is 13.1. The van der Waals surface area contributed by atoms with Crippen molar-refractivity contribution in [2.24, 2.45) is 0 Å². The van der Waals surface area contributed by atoms with Crippen LogP contribution in [-0.2, 0) is 14.8 Å². The van der Waals surface area contributed by atoms with Gasteiger partial charge in [-0.15, -0.1) is 0 Å². The van der Waals surface area contributed by atoms with E-state index in [4.69, 9.17) is 4.74 Å². The molecule has 23 heavy (non-hydrogen) atoms. The van der Waals surface area contributed by atoms with E-state index in [9.17, 15) is 18.3 Å². The molecule has 1 aliphatic heterocycles. The quantitative estimate of drug-likeness (QED) is 0.832. The SMILES string of the molecule is CN(C)C(=O)COc1ccc(S(=O)(=O)N2CCC(O)CC2)cc1. The number of aliphatic hydroxyl groups is 1. The monoisotopic (exact) mass is 342 g/mol. The van der Waals surface area contributed by atoms with Crippen LogP contribution in [0.5, 0.6) is 5.75 Å². The number of piperidine rings is 1. The number of aliphatic hydroxyl groups excluding tert-OH is 1. The Labute approximate surface area is 136 Å². The lowest BCUT2D eigenvalue weighted by Crippen LogP contribution is -2.39. The molecular formula is C15H22N2O5S. The Hall–Kier alpha value is -1.64. The fourth-order valence-corrected chi connectivity index (χ4v) is 3.68. The third-order valence-corrected chi connectivity index (χ3v) is 5.66. The highest BCUT2D eigenvalue weighted by molar-refractivity contribution is 7.89. The number of benzene rings is 1. The second-order valence-corrected chi connectivity index (χ2v) is 7.62. The van der Waals surface area contributed by atoms with Gasteiger partial charge in [-0.2, -0.15) is 4.31 Å². The van der Waals surface area contributed by atoms with Gasteiger partial charge in [-0.3, -0.25) is 4.79 Å². The average Bonchev–Trinajstić information content (AvgIpc) is 2.53. The predicted octanol–water partition coefficient (Wildman–Crippen LogP) is 0.299. The first kappa shape index (κ1) is 17.7. The third-order valence-electron chi connectivity index (χ3n) is 3.75. The number of hydrogen-bond acceptors (Lipinski definition) is 5. The lowest BCUT2D eigenvalue weighted by molar-refractivity contribution is -0.130. The average molecular weight is 342 g/mol. The molecule has 1 amide bonds. The molecule has 0 saturated carbocycles. The standard InChI is InChI=1S/C15H22N2O5S/c1-16(2)15(19)11-22-13-3-5-14(6-4-13)23(20,21)17-9-7-12(18)8-10-17/h3-6,12,18H,7-11H2,1-2H3. The second kappa shape index (κ2) is 7.29. The van der Waals surface area contributed by atoms with Gasteiger partial charge in [0.1, 0.15) is 5.75 Å². The smallest absolute Gasteiger partial charge is 0.259 e. The lowest BCUT2D eigenvalue weighted by Gasteiger charge is -2.28. The summed E-state index contributed by atoms with van der Waals surface area (Å²) in [6.45, 7) is 0.543. The summed E-state index contributed by atoms with van der Waals surface area (Å²) in [6, 6.07) is 6.01. The van der Waals surface area contributed by atoms with E-state index >= 15 is 0 Å². The van der Waals surface area contributed by atoms with Crippen molar-refractivity contribution < 1.29 is 23.1 Å². The molecule has 7 nitrogen and oxygen atoms in total. The van der Waals surface area contributed by atoms with E-state index < -0.39 is 16.1 Å². The number of ether oxygens (including phenoxy) is 1. The molecule has 1 fully saturated rings. The van der Waals surface area contributed by atoms with Crippen LogP contribution >= 0.6 is 0 Å². The zero-order valence-electron chi connectivity index (χ0n) is 13.3. The molecule has 1 aromatic rings. The summed E-state index contributed by atoms with van der Waals surface area (Å²) in [7, 11) is -0.284. The minimum Gasteiger partial charge on any atom is -0.484 e. The molecule has 0 bridgehead atoms. The maximum absolute atomic E-state index is 12.5. The van der Waals surface area contributed by atoms with E-state index in [1.54, 1.807) is 14.1 Å². The second-order valence-electron chi connectivity index (χ2n) is 5.68. The molecule has 128 valence electrons. The first-order valence-electron chi connectivity index (χ1n) is 7.42. The summed E-state index contributed by atoms with van der Waals surface area (Å²) in [6.07, 6.45) is 0.478. The van der Waals surface area contributed by atoms with Gasteiger partial charge in [0.15, 0.2) is 6.61 Å². The van der Waals surface area contributed by atoms with Crippen LogP contribution in [-0.4, -0.2) is 68.5 Å². The van der Waals surface area contributed by atoms with Gasteiger partial charge in [0.2, 0.25) is 10.0 Å². The molecule has 1 aromatic carbocycles. The van der Waals surface area contributed by atoms with E-state index in [1.165, 1.54) is 33.5 Å². The van der Waals surface area contributed by atoms with Crippen molar-refractivity contribution in [3.8, 4) is 5.75 Å². The highest BCUT2D eigenvalue weighted by Crippen LogP contribution is 2.22. The van der Waals surface area contributed by atoms with Gasteiger partial charge in [0.05, 0.1) is 11.0 Å². The van der Waals surface area contributed by atoms with Gasteiger partial charge in [0.25, 0.3) is 5.91 Å². The molecule has 0 unspecified atom stereocenters. The van der Waals surface area contributed by atoms with Gasteiger partial charge in [-0.1, -0.05) is 0 Å². The molecule has 0 spiro atoms. The number of nitrogens with zero attached hydrogens (tertiary/aromatic N) is 2. The van der Waals surface area contributed by atoms with Crippen molar-refractivity contribution in [3.63, 3.8) is 0 Å². The van der Waals surface area contributed by atoms with E-state index in [0.29, 0.717) is 31.7 Å². The van der Waals surface area contributed by atoms with E-state index in [0.717, 1.165) is 0 Å². The molecular weight excluding hydrogens is 320 g/mol. The summed E-state index contributed by atoms with van der Waals surface area (Å²) in [5.74, 6) is 0.266. The van der Waals surface area contributed by atoms with Crippen LogP contribution in [0, 0.1) is 0 Å². The first-order chi connectivity index (χ1) is 10.8. The summed E-state index contributed by atoms with van der Waals surface area (Å²) in [5.41, 5.74) is 0. The minimum atomic E-state index is -3.56.